The third kappa shape index (κ3) is 7.27. The second-order valence-corrected chi connectivity index (χ2v) is 8.48. The lowest BCUT2D eigenvalue weighted by Gasteiger charge is -2.24. The molecule has 0 fully saturated rings. The van der Waals surface area contributed by atoms with Gasteiger partial charge in [-0.3, -0.25) is 14.5 Å². The summed E-state index contributed by atoms with van der Waals surface area (Å²) in [6.07, 6.45) is -5.05. The van der Waals surface area contributed by atoms with Gasteiger partial charge in [0.05, 0.1) is 6.42 Å². The molecule has 0 saturated carbocycles. The van der Waals surface area contributed by atoms with E-state index in [4.69, 9.17) is 11.6 Å². The highest BCUT2D eigenvalue weighted by molar-refractivity contribution is 6.31. The van der Waals surface area contributed by atoms with Gasteiger partial charge in [-0.25, -0.2) is 8.78 Å². The Bertz CT molecular complexity index is 1210. The first-order chi connectivity index (χ1) is 16.9. The summed E-state index contributed by atoms with van der Waals surface area (Å²) >= 11 is 5.88. The Morgan fingerprint density at radius 2 is 1.56 bits per heavy atom. The number of halogens is 6. The lowest BCUT2D eigenvalue weighted by Crippen LogP contribution is -2.39. The molecule has 0 atom stereocenters. The van der Waals surface area contributed by atoms with Crippen LogP contribution in [0.3, 0.4) is 0 Å². The summed E-state index contributed by atoms with van der Waals surface area (Å²) in [7, 11) is 0. The minimum absolute atomic E-state index is 0.00933. The Hall–Kier alpha value is -3.46. The highest BCUT2D eigenvalue weighted by Gasteiger charge is 2.34. The molecule has 0 unspecified atom stereocenters. The number of anilines is 2. The number of benzene rings is 3. The van der Waals surface area contributed by atoms with Crippen LogP contribution < -0.4 is 10.2 Å². The fourth-order valence-corrected chi connectivity index (χ4v) is 3.60. The first kappa shape index (κ1) is 27.1. The van der Waals surface area contributed by atoms with Crippen molar-refractivity contribution >= 4 is 34.8 Å². The molecule has 1 N–H and O–H groups in total. The van der Waals surface area contributed by atoms with Gasteiger partial charge in [-0.2, -0.15) is 13.2 Å². The first-order valence-corrected chi connectivity index (χ1v) is 11.3. The normalized spacial score (nSPS) is 11.8. The quantitative estimate of drug-likeness (QED) is 0.316. The smallest absolute Gasteiger partial charge is 0.326 e. The van der Waals surface area contributed by atoms with Gasteiger partial charge < -0.3 is 5.32 Å². The van der Waals surface area contributed by atoms with E-state index in [0.29, 0.717) is 16.2 Å². The fraction of sp³-hybridized carbons (Fsp3) is 0.231. The van der Waals surface area contributed by atoms with Crippen molar-refractivity contribution in [2.45, 2.75) is 31.9 Å². The number of rotatable bonds is 8. The Morgan fingerprint density at radius 1 is 0.917 bits per heavy atom. The van der Waals surface area contributed by atoms with Crippen molar-refractivity contribution in [1.82, 2.24) is 0 Å². The number of carbonyl (C=O) groups excluding carboxylic acids is 2. The number of nitrogens with zero attached hydrogens (tertiary/aromatic N) is 1. The van der Waals surface area contributed by atoms with Gasteiger partial charge in [-0.1, -0.05) is 48.9 Å². The average Bonchev–Trinajstić information content (AvgIpc) is 2.82. The van der Waals surface area contributed by atoms with E-state index >= 15 is 0 Å². The molecule has 0 radical (unpaired) electrons. The molecular formula is C26H22ClF5N2O2. The van der Waals surface area contributed by atoms with Crippen molar-refractivity contribution in [3.63, 3.8) is 0 Å². The molecule has 10 heteroatoms. The van der Waals surface area contributed by atoms with Crippen molar-refractivity contribution < 1.29 is 31.5 Å². The van der Waals surface area contributed by atoms with Crippen LogP contribution in [0.1, 0.15) is 34.8 Å². The third-order valence-corrected chi connectivity index (χ3v) is 5.54. The fourth-order valence-electron chi connectivity index (χ4n) is 3.42. The van der Waals surface area contributed by atoms with Gasteiger partial charge in [0, 0.05) is 33.9 Å². The minimum Gasteiger partial charge on any atom is -0.326 e. The van der Waals surface area contributed by atoms with Gasteiger partial charge in [0.1, 0.15) is 6.54 Å². The number of alkyl halides is 5. The van der Waals surface area contributed by atoms with Crippen molar-refractivity contribution in [3.8, 4) is 0 Å². The molecule has 0 aliphatic rings. The van der Waals surface area contributed by atoms with Gasteiger partial charge in [0.15, 0.2) is 0 Å². The predicted molar refractivity (Wildman–Crippen MR) is 129 cm³/mol. The van der Waals surface area contributed by atoms with E-state index in [9.17, 15) is 31.5 Å². The largest absolute Gasteiger partial charge is 0.406 e. The lowest BCUT2D eigenvalue weighted by molar-refractivity contribution is -0.118. The molecule has 4 nitrogen and oxygen atoms in total. The van der Waals surface area contributed by atoms with Gasteiger partial charge in [-0.15, -0.1) is 0 Å². The zero-order chi connectivity index (χ0) is 26.5. The number of nitrogens with one attached hydrogen (secondary N) is 1. The van der Waals surface area contributed by atoms with Crippen LogP contribution in [0, 0.1) is 0 Å². The van der Waals surface area contributed by atoms with Gasteiger partial charge in [-0.05, 0) is 48.0 Å². The molecule has 0 spiro atoms. The monoisotopic (exact) mass is 524 g/mol. The summed E-state index contributed by atoms with van der Waals surface area (Å²) in [4.78, 5) is 25.8. The molecule has 190 valence electrons. The van der Waals surface area contributed by atoms with Crippen molar-refractivity contribution in [3.05, 3.63) is 94.5 Å². The summed E-state index contributed by atoms with van der Waals surface area (Å²) < 4.78 is 66.9. The van der Waals surface area contributed by atoms with E-state index in [1.54, 1.807) is 0 Å². The molecule has 0 bridgehead atoms. The second kappa shape index (κ2) is 11.1. The predicted octanol–water partition coefficient (Wildman–Crippen LogP) is 7.23. The van der Waals surface area contributed by atoms with Crippen molar-refractivity contribution in [2.24, 2.45) is 0 Å². The number of hydrogen-bond acceptors (Lipinski definition) is 2. The Labute approximate surface area is 209 Å². The van der Waals surface area contributed by atoms with E-state index in [0.717, 1.165) is 0 Å². The highest BCUT2D eigenvalue weighted by Crippen LogP contribution is 2.31. The Kier molecular flexibility index (Phi) is 8.35. The van der Waals surface area contributed by atoms with Crippen molar-refractivity contribution in [2.75, 3.05) is 16.8 Å². The van der Waals surface area contributed by atoms with Crippen LogP contribution in [0.25, 0.3) is 0 Å². The summed E-state index contributed by atoms with van der Waals surface area (Å²) in [6, 6.07) is 16.4. The molecule has 3 aromatic carbocycles. The summed E-state index contributed by atoms with van der Waals surface area (Å²) in [5.41, 5.74) is 0.677. The third-order valence-electron chi connectivity index (χ3n) is 5.30. The maximum atomic E-state index is 13.7. The zero-order valence-electron chi connectivity index (χ0n) is 19.1. The number of amides is 2. The maximum absolute atomic E-state index is 13.7. The van der Waals surface area contributed by atoms with Gasteiger partial charge in [0.25, 0.3) is 11.8 Å². The van der Waals surface area contributed by atoms with Crippen molar-refractivity contribution in [1.29, 1.82) is 0 Å². The zero-order valence-corrected chi connectivity index (χ0v) is 19.8. The molecule has 0 aromatic heterocycles. The molecule has 36 heavy (non-hydrogen) atoms. The average molecular weight is 525 g/mol. The maximum Gasteiger partial charge on any atom is 0.406 e. The second-order valence-electron chi connectivity index (χ2n) is 8.04. The Morgan fingerprint density at radius 3 is 2.11 bits per heavy atom. The number of carbonyl (C=O) groups is 2. The molecule has 0 aliphatic carbocycles. The molecule has 0 heterocycles. The van der Waals surface area contributed by atoms with Crippen LogP contribution in [0.2, 0.25) is 5.02 Å². The Balaban J connectivity index is 1.68. The number of hydrogen-bond donors (Lipinski definition) is 1. The van der Waals surface area contributed by atoms with E-state index in [1.807, 2.05) is 0 Å². The summed E-state index contributed by atoms with van der Waals surface area (Å²) in [5.74, 6) is -4.26. The molecule has 3 aromatic rings. The lowest BCUT2D eigenvalue weighted by atomic mass is 10.0. The minimum atomic E-state index is -4.64. The molecule has 0 aliphatic heterocycles. The molecule has 2 amide bonds. The van der Waals surface area contributed by atoms with E-state index < -0.39 is 30.5 Å². The van der Waals surface area contributed by atoms with Gasteiger partial charge >= 0.3 is 6.18 Å². The van der Waals surface area contributed by atoms with Crippen LogP contribution in [-0.2, 0) is 17.1 Å². The standard InChI is InChI=1S/C26H22ClF5N2O2/c1-2-25(28,29)19-10-6-17(7-11-19)14-23(35)33-21-12-8-18(9-13-21)24(36)34(16-26(30,31)32)22-5-3-4-20(27)15-22/h3-13,15H,2,14,16H2,1H3,(H,33,35). The van der Waals surface area contributed by atoms with Crippen LogP contribution >= 0.6 is 11.6 Å². The van der Waals surface area contributed by atoms with Crippen LogP contribution in [0.4, 0.5) is 33.3 Å². The van der Waals surface area contributed by atoms with Gasteiger partial charge in [0.2, 0.25) is 5.91 Å². The first-order valence-electron chi connectivity index (χ1n) is 10.9. The van der Waals surface area contributed by atoms with E-state index in [2.05, 4.69) is 5.32 Å². The molecule has 3 rings (SSSR count). The SMILES string of the molecule is CCC(F)(F)c1ccc(CC(=O)Nc2ccc(C(=O)N(CC(F)(F)F)c3cccc(Cl)c3)cc2)cc1. The highest BCUT2D eigenvalue weighted by atomic mass is 35.5. The summed E-state index contributed by atoms with van der Waals surface area (Å²) in [6.45, 7) is -0.126. The topological polar surface area (TPSA) is 49.4 Å². The van der Waals surface area contributed by atoms with E-state index in [1.165, 1.54) is 79.7 Å². The summed E-state index contributed by atoms with van der Waals surface area (Å²) in [5, 5.41) is 2.79. The van der Waals surface area contributed by atoms with Crippen LogP contribution in [0.15, 0.2) is 72.8 Å². The van der Waals surface area contributed by atoms with Crippen LogP contribution in [0.5, 0.6) is 0 Å². The van der Waals surface area contributed by atoms with E-state index in [-0.39, 0.29) is 34.7 Å². The molecular weight excluding hydrogens is 503 g/mol. The molecule has 0 saturated heterocycles. The van der Waals surface area contributed by atoms with Crippen LogP contribution in [-0.4, -0.2) is 24.5 Å².